The molecule has 1 atom stereocenters. The van der Waals surface area contributed by atoms with Crippen molar-refractivity contribution in [2.24, 2.45) is 5.41 Å². The highest BCUT2D eigenvalue weighted by molar-refractivity contribution is 5.85. The van der Waals surface area contributed by atoms with Gasteiger partial charge in [-0.1, -0.05) is 30.4 Å². The van der Waals surface area contributed by atoms with Crippen LogP contribution >= 0.6 is 0 Å². The summed E-state index contributed by atoms with van der Waals surface area (Å²) in [6.45, 7) is 4.03. The summed E-state index contributed by atoms with van der Waals surface area (Å²) in [7, 11) is 1.67. The molecule has 0 radical (unpaired) electrons. The van der Waals surface area contributed by atoms with Crippen LogP contribution in [0.3, 0.4) is 0 Å². The van der Waals surface area contributed by atoms with Crippen molar-refractivity contribution >= 4 is 5.91 Å². The van der Waals surface area contributed by atoms with Crippen LogP contribution in [0.4, 0.5) is 0 Å². The molecular weight excluding hydrogens is 364 g/mol. The fraction of sp³-hybridized carbons (Fsp3) is 0.542. The number of methoxy groups -OCH3 is 1. The van der Waals surface area contributed by atoms with E-state index in [1.165, 1.54) is 12.8 Å². The molecule has 2 aliphatic carbocycles. The zero-order chi connectivity index (χ0) is 20.4. The van der Waals surface area contributed by atoms with Crippen LogP contribution in [0.1, 0.15) is 64.0 Å². The number of benzene rings is 1. The Kier molecular flexibility index (Phi) is 5.68. The van der Waals surface area contributed by atoms with Crippen LogP contribution in [-0.2, 0) is 4.79 Å². The predicted molar refractivity (Wildman–Crippen MR) is 114 cm³/mol. The molecule has 2 fully saturated rings. The second-order valence-electron chi connectivity index (χ2n) is 8.82. The Bertz CT molecular complexity index is 794. The summed E-state index contributed by atoms with van der Waals surface area (Å²) in [6.07, 6.45) is 15.4. The SMILES string of the molecule is COc1ccc(C2NN(C3C=CCCC=C3)C(=O)C2(C)C)cc1OC1CCCC1. The number of hydrazine groups is 1. The maximum Gasteiger partial charge on any atom is 0.245 e. The van der Waals surface area contributed by atoms with Crippen molar-refractivity contribution in [3.8, 4) is 11.5 Å². The summed E-state index contributed by atoms with van der Waals surface area (Å²) in [6, 6.07) is 5.86. The lowest BCUT2D eigenvalue weighted by atomic mass is 9.81. The lowest BCUT2D eigenvalue weighted by Crippen LogP contribution is -2.42. The largest absolute Gasteiger partial charge is 0.493 e. The maximum atomic E-state index is 13.2. The molecule has 29 heavy (non-hydrogen) atoms. The van der Waals surface area contributed by atoms with E-state index in [-0.39, 0.29) is 24.1 Å². The quantitative estimate of drug-likeness (QED) is 0.733. The van der Waals surface area contributed by atoms with E-state index in [0.29, 0.717) is 0 Å². The van der Waals surface area contributed by atoms with Crippen molar-refractivity contribution in [3.05, 3.63) is 48.1 Å². The molecule has 1 unspecified atom stereocenters. The molecule has 5 nitrogen and oxygen atoms in total. The second kappa shape index (κ2) is 8.23. The molecule has 1 aromatic rings. The molecule has 1 heterocycles. The normalized spacial score (nSPS) is 24.9. The minimum Gasteiger partial charge on any atom is -0.493 e. The first-order valence-corrected chi connectivity index (χ1v) is 10.8. The highest BCUT2D eigenvalue weighted by Crippen LogP contribution is 2.43. The van der Waals surface area contributed by atoms with Crippen LogP contribution in [0, 0.1) is 5.41 Å². The van der Waals surface area contributed by atoms with E-state index in [0.717, 1.165) is 42.7 Å². The third-order valence-corrected chi connectivity index (χ3v) is 6.34. The summed E-state index contributed by atoms with van der Waals surface area (Å²) >= 11 is 0. The van der Waals surface area contributed by atoms with Gasteiger partial charge in [-0.2, -0.15) is 0 Å². The van der Waals surface area contributed by atoms with Gasteiger partial charge < -0.3 is 9.47 Å². The van der Waals surface area contributed by atoms with Crippen molar-refractivity contribution in [2.75, 3.05) is 7.11 Å². The molecule has 0 bridgehead atoms. The Labute approximate surface area is 173 Å². The maximum absolute atomic E-state index is 13.2. The minimum absolute atomic E-state index is 0.0540. The van der Waals surface area contributed by atoms with Crippen molar-refractivity contribution < 1.29 is 14.3 Å². The summed E-state index contributed by atoms with van der Waals surface area (Å²) < 4.78 is 11.8. The molecule has 1 amide bonds. The Morgan fingerprint density at radius 1 is 1.07 bits per heavy atom. The number of carbonyl (C=O) groups excluding carboxylic acids is 1. The first-order chi connectivity index (χ1) is 14.0. The summed E-state index contributed by atoms with van der Waals surface area (Å²) in [5, 5.41) is 1.78. The molecule has 1 aliphatic heterocycles. The Morgan fingerprint density at radius 3 is 2.41 bits per heavy atom. The van der Waals surface area contributed by atoms with Gasteiger partial charge >= 0.3 is 0 Å². The molecule has 1 saturated heterocycles. The van der Waals surface area contributed by atoms with Crippen molar-refractivity contribution in [1.82, 2.24) is 10.4 Å². The smallest absolute Gasteiger partial charge is 0.245 e. The monoisotopic (exact) mass is 396 g/mol. The van der Waals surface area contributed by atoms with Crippen LogP contribution in [0.25, 0.3) is 0 Å². The fourth-order valence-electron chi connectivity index (χ4n) is 4.56. The summed E-state index contributed by atoms with van der Waals surface area (Å²) in [5.41, 5.74) is 3.97. The molecule has 1 N–H and O–H groups in total. The Morgan fingerprint density at radius 2 is 1.76 bits per heavy atom. The van der Waals surface area contributed by atoms with Gasteiger partial charge in [0.1, 0.15) is 0 Å². The molecule has 3 aliphatic rings. The van der Waals surface area contributed by atoms with E-state index >= 15 is 0 Å². The zero-order valence-corrected chi connectivity index (χ0v) is 17.7. The van der Waals surface area contributed by atoms with E-state index in [2.05, 4.69) is 29.7 Å². The van der Waals surface area contributed by atoms with Crippen molar-refractivity contribution in [3.63, 3.8) is 0 Å². The number of allylic oxidation sites excluding steroid dienone is 2. The molecular formula is C24H32N2O3. The van der Waals surface area contributed by atoms with Gasteiger partial charge in [0.2, 0.25) is 5.91 Å². The third-order valence-electron chi connectivity index (χ3n) is 6.34. The van der Waals surface area contributed by atoms with Gasteiger partial charge in [0.25, 0.3) is 0 Å². The lowest BCUT2D eigenvalue weighted by molar-refractivity contribution is -0.136. The van der Waals surface area contributed by atoms with Crippen LogP contribution in [0.15, 0.2) is 42.5 Å². The molecule has 0 spiro atoms. The van der Waals surface area contributed by atoms with Gasteiger partial charge in [0.15, 0.2) is 11.5 Å². The number of ether oxygens (including phenoxy) is 2. The first-order valence-electron chi connectivity index (χ1n) is 10.8. The lowest BCUT2D eigenvalue weighted by Gasteiger charge is -2.25. The number of hydrogen-bond donors (Lipinski definition) is 1. The fourth-order valence-corrected chi connectivity index (χ4v) is 4.56. The average Bonchev–Trinajstić information content (AvgIpc) is 3.18. The Hall–Kier alpha value is -2.27. The van der Waals surface area contributed by atoms with Crippen LogP contribution in [0.2, 0.25) is 0 Å². The van der Waals surface area contributed by atoms with Crippen LogP contribution < -0.4 is 14.9 Å². The van der Waals surface area contributed by atoms with Gasteiger partial charge in [0, 0.05) is 0 Å². The van der Waals surface area contributed by atoms with Gasteiger partial charge in [-0.05, 0) is 70.1 Å². The number of nitrogens with zero attached hydrogens (tertiary/aromatic N) is 1. The molecule has 1 aromatic carbocycles. The molecule has 1 saturated carbocycles. The van der Waals surface area contributed by atoms with E-state index in [4.69, 9.17) is 9.47 Å². The molecule has 156 valence electrons. The first kappa shape index (κ1) is 20.0. The minimum atomic E-state index is -0.562. The predicted octanol–water partition coefficient (Wildman–Crippen LogP) is 4.71. The topological polar surface area (TPSA) is 50.8 Å². The van der Waals surface area contributed by atoms with Crippen molar-refractivity contribution in [2.45, 2.75) is 70.6 Å². The van der Waals surface area contributed by atoms with Crippen LogP contribution in [0.5, 0.6) is 11.5 Å². The standard InChI is InChI=1S/C24H32N2O3/c1-24(2)22(25-26(23(24)27)18-10-6-4-5-7-11-18)17-14-15-20(28-3)21(16-17)29-19-12-8-9-13-19/h6-7,10-11,14-16,18-19,22,25H,4-5,8-9,12-13H2,1-3H3. The molecule has 5 heteroatoms. The number of amides is 1. The van der Waals surface area contributed by atoms with Crippen LogP contribution in [-0.4, -0.2) is 30.2 Å². The second-order valence-corrected chi connectivity index (χ2v) is 8.82. The number of hydrogen-bond acceptors (Lipinski definition) is 4. The van der Waals surface area contributed by atoms with E-state index < -0.39 is 5.41 Å². The van der Waals surface area contributed by atoms with Gasteiger partial charge in [-0.15, -0.1) is 0 Å². The van der Waals surface area contributed by atoms with E-state index in [9.17, 15) is 4.79 Å². The summed E-state index contributed by atoms with van der Waals surface area (Å²) in [5.74, 6) is 1.63. The van der Waals surface area contributed by atoms with Crippen molar-refractivity contribution in [1.29, 1.82) is 0 Å². The van der Waals surface area contributed by atoms with Gasteiger partial charge in [0.05, 0.1) is 30.7 Å². The number of carbonyl (C=O) groups is 1. The van der Waals surface area contributed by atoms with Gasteiger partial charge in [-0.25, -0.2) is 5.43 Å². The van der Waals surface area contributed by atoms with E-state index in [1.54, 1.807) is 12.1 Å². The highest BCUT2D eigenvalue weighted by atomic mass is 16.5. The third kappa shape index (κ3) is 3.93. The average molecular weight is 397 g/mol. The molecule has 4 rings (SSSR count). The highest BCUT2D eigenvalue weighted by Gasteiger charge is 2.49. The Balaban J connectivity index is 1.61. The summed E-state index contributed by atoms with van der Waals surface area (Å²) in [4.78, 5) is 13.2. The van der Waals surface area contributed by atoms with Gasteiger partial charge in [-0.3, -0.25) is 9.80 Å². The number of nitrogens with one attached hydrogen (secondary N) is 1. The molecule has 0 aromatic heterocycles. The number of rotatable bonds is 5. The van der Waals surface area contributed by atoms with E-state index in [1.807, 2.05) is 32.0 Å². The zero-order valence-electron chi connectivity index (χ0n) is 17.7.